The Bertz CT molecular complexity index is 471. The van der Waals surface area contributed by atoms with Crippen LogP contribution in [0.15, 0.2) is 6.07 Å². The van der Waals surface area contributed by atoms with E-state index in [-0.39, 0.29) is 11.4 Å². The van der Waals surface area contributed by atoms with E-state index in [9.17, 15) is 4.79 Å². The van der Waals surface area contributed by atoms with Crippen LogP contribution in [0.4, 0.5) is 0 Å². The minimum atomic E-state index is -0.171. The summed E-state index contributed by atoms with van der Waals surface area (Å²) in [6.07, 6.45) is 6.75. The zero-order valence-electron chi connectivity index (χ0n) is 11.5. The normalized spacial score (nSPS) is 21.2. The Hall–Kier alpha value is -0.190. The summed E-state index contributed by atoms with van der Waals surface area (Å²) in [5.74, 6) is 2.84. The number of alkyl halides is 1. The molecule has 1 N–H and O–H groups in total. The summed E-state index contributed by atoms with van der Waals surface area (Å²) in [4.78, 5) is 14.8. The van der Waals surface area contributed by atoms with Gasteiger partial charge in [0.1, 0.15) is 0 Å². The summed E-state index contributed by atoms with van der Waals surface area (Å²) in [7, 11) is 0. The zero-order chi connectivity index (χ0) is 14.0. The molecule has 1 aromatic heterocycles. The number of fused-ring (bicyclic) bond motifs is 1. The van der Waals surface area contributed by atoms with Crippen molar-refractivity contribution < 1.29 is 4.79 Å². The van der Waals surface area contributed by atoms with E-state index in [4.69, 9.17) is 11.6 Å². The number of hydrogen-bond donors (Lipinski definition) is 1. The predicted octanol–water partition coefficient (Wildman–Crippen LogP) is 4.21. The maximum atomic E-state index is 12.5. The van der Waals surface area contributed by atoms with Gasteiger partial charge in [0.15, 0.2) is 0 Å². The van der Waals surface area contributed by atoms with Gasteiger partial charge in [-0.15, -0.1) is 22.9 Å². The van der Waals surface area contributed by atoms with E-state index in [2.05, 4.69) is 11.4 Å². The van der Waals surface area contributed by atoms with E-state index < -0.39 is 0 Å². The van der Waals surface area contributed by atoms with Crippen molar-refractivity contribution in [3.8, 4) is 0 Å². The molecule has 1 aliphatic carbocycles. The molecule has 5 heteroatoms. The number of aryl methyl sites for hydroxylation is 1. The quantitative estimate of drug-likeness (QED) is 0.842. The molecule has 1 aliphatic heterocycles. The third-order valence-corrected chi connectivity index (χ3v) is 7.05. The predicted molar refractivity (Wildman–Crippen MR) is 88.2 cm³/mol. The lowest BCUT2D eigenvalue weighted by molar-refractivity contribution is 0.0889. The Kier molecular flexibility index (Phi) is 4.63. The maximum absolute atomic E-state index is 12.5. The molecule has 0 saturated heterocycles. The van der Waals surface area contributed by atoms with Crippen molar-refractivity contribution in [2.45, 2.75) is 49.8 Å². The van der Waals surface area contributed by atoms with Crippen molar-refractivity contribution in [1.82, 2.24) is 5.32 Å². The largest absolute Gasteiger partial charge is 0.345 e. The molecular weight excluding hydrogens is 310 g/mol. The van der Waals surface area contributed by atoms with Gasteiger partial charge in [0.05, 0.1) is 10.4 Å². The molecule has 1 amide bonds. The highest BCUT2D eigenvalue weighted by molar-refractivity contribution is 7.98. The molecule has 2 nitrogen and oxygen atoms in total. The standard InChI is InChI=1S/C15H20ClNOS2/c16-10-15(5-2-1-3-6-15)17-14(18)13-8-11-9-19-7-4-12(11)20-13/h8H,1-7,9-10H2,(H,17,18). The fourth-order valence-electron chi connectivity index (χ4n) is 3.08. The van der Waals surface area contributed by atoms with Gasteiger partial charge in [0, 0.05) is 16.5 Å². The smallest absolute Gasteiger partial charge is 0.261 e. The number of nitrogens with one attached hydrogen (secondary N) is 1. The molecular formula is C15H20ClNOS2. The molecule has 0 bridgehead atoms. The Morgan fingerprint density at radius 1 is 1.35 bits per heavy atom. The molecule has 0 unspecified atom stereocenters. The van der Waals surface area contributed by atoms with Gasteiger partial charge in [-0.1, -0.05) is 19.3 Å². The Morgan fingerprint density at radius 2 is 2.15 bits per heavy atom. The molecule has 0 spiro atoms. The second-order valence-corrected chi connectivity index (χ2v) is 8.30. The number of thiophene rings is 1. The van der Waals surface area contributed by atoms with Gasteiger partial charge in [-0.05, 0) is 36.6 Å². The molecule has 2 heterocycles. The van der Waals surface area contributed by atoms with E-state index in [1.807, 2.05) is 11.8 Å². The van der Waals surface area contributed by atoms with E-state index in [0.29, 0.717) is 5.88 Å². The third-order valence-electron chi connectivity index (χ3n) is 4.30. The lowest BCUT2D eigenvalue weighted by Gasteiger charge is -2.36. The molecule has 110 valence electrons. The highest BCUT2D eigenvalue weighted by Gasteiger charge is 2.33. The van der Waals surface area contributed by atoms with Gasteiger partial charge >= 0.3 is 0 Å². The monoisotopic (exact) mass is 329 g/mol. The average molecular weight is 330 g/mol. The molecule has 1 fully saturated rings. The first-order valence-corrected chi connectivity index (χ1v) is 9.81. The zero-order valence-corrected chi connectivity index (χ0v) is 13.9. The fourth-order valence-corrected chi connectivity index (χ4v) is 5.68. The molecule has 1 saturated carbocycles. The third kappa shape index (κ3) is 3.02. The SMILES string of the molecule is O=C(NC1(CCl)CCCCC1)c1cc2c(s1)CCSC2. The van der Waals surface area contributed by atoms with Crippen molar-refractivity contribution >= 4 is 40.6 Å². The lowest BCUT2D eigenvalue weighted by atomic mass is 9.83. The summed E-state index contributed by atoms with van der Waals surface area (Å²) >= 11 is 9.78. The van der Waals surface area contributed by atoms with Gasteiger partial charge < -0.3 is 5.32 Å². The minimum absolute atomic E-state index is 0.0805. The summed E-state index contributed by atoms with van der Waals surface area (Å²) < 4.78 is 0. The van der Waals surface area contributed by atoms with Gasteiger partial charge in [0.25, 0.3) is 5.91 Å². The molecule has 20 heavy (non-hydrogen) atoms. The highest BCUT2D eigenvalue weighted by atomic mass is 35.5. The van der Waals surface area contributed by atoms with Gasteiger partial charge in [-0.25, -0.2) is 0 Å². The number of carbonyl (C=O) groups is 1. The van der Waals surface area contributed by atoms with Gasteiger partial charge in [0.2, 0.25) is 0 Å². The van der Waals surface area contributed by atoms with Crippen LogP contribution in [-0.4, -0.2) is 23.1 Å². The molecule has 0 atom stereocenters. The van der Waals surface area contributed by atoms with Crippen LogP contribution in [-0.2, 0) is 12.2 Å². The lowest BCUT2D eigenvalue weighted by Crippen LogP contribution is -2.51. The van der Waals surface area contributed by atoms with Gasteiger partial charge in [-0.3, -0.25) is 4.79 Å². The van der Waals surface area contributed by atoms with Gasteiger partial charge in [-0.2, -0.15) is 11.8 Å². The first-order chi connectivity index (χ1) is 9.72. The topological polar surface area (TPSA) is 29.1 Å². The Labute approximate surface area is 133 Å². The number of thioether (sulfide) groups is 1. The van der Waals surface area contributed by atoms with Crippen LogP contribution in [0.25, 0.3) is 0 Å². The van der Waals surface area contributed by atoms with Crippen molar-refractivity contribution in [2.24, 2.45) is 0 Å². The number of hydrogen-bond acceptors (Lipinski definition) is 3. The Morgan fingerprint density at radius 3 is 2.85 bits per heavy atom. The first-order valence-electron chi connectivity index (χ1n) is 7.30. The summed E-state index contributed by atoms with van der Waals surface area (Å²) in [6, 6.07) is 2.09. The van der Waals surface area contributed by atoms with Crippen LogP contribution < -0.4 is 5.32 Å². The van der Waals surface area contributed by atoms with Crippen LogP contribution in [0, 0.1) is 0 Å². The van der Waals surface area contributed by atoms with Crippen LogP contribution in [0.5, 0.6) is 0 Å². The van der Waals surface area contributed by atoms with Crippen LogP contribution >= 0.6 is 34.7 Å². The molecule has 3 rings (SSSR count). The second-order valence-electron chi connectivity index (χ2n) is 5.79. The van der Waals surface area contributed by atoms with Crippen molar-refractivity contribution in [2.75, 3.05) is 11.6 Å². The number of carbonyl (C=O) groups excluding carboxylic acids is 1. The molecule has 2 aliphatic rings. The van der Waals surface area contributed by atoms with Crippen molar-refractivity contribution in [3.63, 3.8) is 0 Å². The number of amides is 1. The van der Waals surface area contributed by atoms with E-state index in [0.717, 1.165) is 29.9 Å². The summed E-state index contributed by atoms with van der Waals surface area (Å²) in [5.41, 5.74) is 1.19. The van der Waals surface area contributed by atoms with Crippen molar-refractivity contribution in [3.05, 3.63) is 21.4 Å². The first kappa shape index (κ1) is 14.7. The number of halogens is 1. The summed E-state index contributed by atoms with van der Waals surface area (Å²) in [6.45, 7) is 0. The minimum Gasteiger partial charge on any atom is -0.345 e. The number of rotatable bonds is 3. The van der Waals surface area contributed by atoms with E-state index in [1.165, 1.54) is 35.5 Å². The average Bonchev–Trinajstić information content (AvgIpc) is 2.92. The van der Waals surface area contributed by atoms with Crippen LogP contribution in [0.2, 0.25) is 0 Å². The molecule has 0 aromatic carbocycles. The molecule has 0 radical (unpaired) electrons. The van der Waals surface area contributed by atoms with Crippen LogP contribution in [0.3, 0.4) is 0 Å². The maximum Gasteiger partial charge on any atom is 0.261 e. The second kappa shape index (κ2) is 6.29. The molecule has 1 aromatic rings. The highest BCUT2D eigenvalue weighted by Crippen LogP contribution is 2.33. The van der Waals surface area contributed by atoms with E-state index in [1.54, 1.807) is 11.3 Å². The van der Waals surface area contributed by atoms with E-state index >= 15 is 0 Å². The van der Waals surface area contributed by atoms with Crippen molar-refractivity contribution in [1.29, 1.82) is 0 Å². The summed E-state index contributed by atoms with van der Waals surface area (Å²) in [5, 5.41) is 3.24. The van der Waals surface area contributed by atoms with Crippen LogP contribution in [0.1, 0.15) is 52.2 Å². The Balaban J connectivity index is 1.73. The fraction of sp³-hybridized carbons (Fsp3) is 0.667.